The average molecular weight is 407 g/mol. The molecule has 0 aliphatic rings. The van der Waals surface area contributed by atoms with Gasteiger partial charge in [-0.2, -0.15) is 0 Å². The molecule has 0 aliphatic carbocycles. The zero-order valence-electron chi connectivity index (χ0n) is 12.0. The number of carbonyl (C=O) groups excluding carboxylic acids is 1. The number of hydrogen-bond donors (Lipinski definition) is 1. The molecule has 0 saturated carbocycles. The van der Waals surface area contributed by atoms with E-state index in [4.69, 9.17) is 5.73 Å². The monoisotopic (exact) mass is 405 g/mol. The summed E-state index contributed by atoms with van der Waals surface area (Å²) in [4.78, 5) is 11.8. The Labute approximate surface area is 140 Å². The van der Waals surface area contributed by atoms with Gasteiger partial charge in [0.05, 0.1) is 12.5 Å². The van der Waals surface area contributed by atoms with Crippen LogP contribution in [0.1, 0.15) is 25.5 Å². The second-order valence-electron chi connectivity index (χ2n) is 4.92. The maximum absolute atomic E-state index is 12.4. The van der Waals surface area contributed by atoms with Crippen LogP contribution in [0, 0.1) is 5.41 Å². The van der Waals surface area contributed by atoms with E-state index in [1.54, 1.807) is 0 Å². The van der Waals surface area contributed by atoms with Gasteiger partial charge in [-0.3, -0.25) is 4.79 Å². The molecule has 1 aromatic carbocycles. The van der Waals surface area contributed by atoms with E-state index in [0.29, 0.717) is 4.47 Å². The van der Waals surface area contributed by atoms with Crippen LogP contribution in [0.4, 0.5) is 13.2 Å². The molecule has 0 fully saturated rings. The van der Waals surface area contributed by atoms with Crippen LogP contribution in [0.5, 0.6) is 5.75 Å². The van der Waals surface area contributed by atoms with Gasteiger partial charge in [0.1, 0.15) is 5.75 Å². The summed E-state index contributed by atoms with van der Waals surface area (Å²) < 4.78 is 46.4. The van der Waals surface area contributed by atoms with Crippen molar-refractivity contribution in [1.29, 1.82) is 0 Å². The van der Waals surface area contributed by atoms with Crippen LogP contribution in [0.25, 0.3) is 0 Å². The molecule has 0 aromatic heterocycles. The van der Waals surface area contributed by atoms with E-state index in [2.05, 4.69) is 25.4 Å². The smallest absolute Gasteiger partial charge is 0.469 e. The molecular formula is C13H16BrClF3NO3. The van der Waals surface area contributed by atoms with Crippen molar-refractivity contribution in [3.8, 4) is 5.75 Å². The van der Waals surface area contributed by atoms with Crippen LogP contribution in [0.3, 0.4) is 0 Å². The van der Waals surface area contributed by atoms with Crippen molar-refractivity contribution < 1.29 is 27.4 Å². The molecular weight excluding hydrogens is 390 g/mol. The minimum atomic E-state index is -4.85. The van der Waals surface area contributed by atoms with Gasteiger partial charge in [0.15, 0.2) is 0 Å². The van der Waals surface area contributed by atoms with Gasteiger partial charge in [0.2, 0.25) is 0 Å². The second kappa shape index (κ2) is 7.52. The molecule has 0 heterocycles. The minimum absolute atomic E-state index is 0. The number of alkyl halides is 3. The molecule has 1 aromatic rings. The van der Waals surface area contributed by atoms with Crippen LogP contribution in [0.2, 0.25) is 0 Å². The highest BCUT2D eigenvalue weighted by atomic mass is 79.9. The van der Waals surface area contributed by atoms with Crippen LogP contribution >= 0.6 is 28.3 Å². The minimum Gasteiger partial charge on any atom is -0.469 e. The van der Waals surface area contributed by atoms with Crippen molar-refractivity contribution in [1.82, 2.24) is 0 Å². The third-order valence-corrected chi connectivity index (χ3v) is 3.51. The van der Waals surface area contributed by atoms with E-state index in [1.165, 1.54) is 33.1 Å². The fourth-order valence-corrected chi connectivity index (χ4v) is 2.14. The third-order valence-electron chi connectivity index (χ3n) is 3.02. The Balaban J connectivity index is 0.00000441. The number of benzene rings is 1. The first-order valence-corrected chi connectivity index (χ1v) is 6.67. The fraction of sp³-hybridized carbons (Fsp3) is 0.462. The number of rotatable bonds is 4. The summed E-state index contributed by atoms with van der Waals surface area (Å²) in [6.07, 6.45) is -4.85. The van der Waals surface area contributed by atoms with Gasteiger partial charge >= 0.3 is 12.3 Å². The van der Waals surface area contributed by atoms with E-state index >= 15 is 0 Å². The molecule has 9 heteroatoms. The number of methoxy groups -OCH3 is 1. The van der Waals surface area contributed by atoms with E-state index in [-0.39, 0.29) is 18.0 Å². The molecule has 0 amide bonds. The highest BCUT2D eigenvalue weighted by molar-refractivity contribution is 9.10. The highest BCUT2D eigenvalue weighted by Crippen LogP contribution is 2.39. The van der Waals surface area contributed by atoms with Gasteiger partial charge in [-0.1, -0.05) is 15.9 Å². The Bertz CT molecular complexity index is 538. The Kier molecular flexibility index (Phi) is 7.18. The Morgan fingerprint density at radius 2 is 1.86 bits per heavy atom. The molecule has 1 rings (SSSR count). The Morgan fingerprint density at radius 1 is 1.32 bits per heavy atom. The molecule has 0 saturated heterocycles. The first-order chi connectivity index (χ1) is 9.49. The maximum Gasteiger partial charge on any atom is 0.573 e. The lowest BCUT2D eigenvalue weighted by atomic mass is 9.80. The number of ether oxygens (including phenoxy) is 2. The van der Waals surface area contributed by atoms with E-state index in [0.717, 1.165) is 6.07 Å². The predicted octanol–water partition coefficient (Wildman–Crippen LogP) is 3.97. The van der Waals surface area contributed by atoms with Crippen molar-refractivity contribution in [3.05, 3.63) is 28.2 Å². The lowest BCUT2D eigenvalue weighted by Crippen LogP contribution is -2.38. The van der Waals surface area contributed by atoms with Gasteiger partial charge < -0.3 is 15.2 Å². The molecule has 2 N–H and O–H groups in total. The summed E-state index contributed by atoms with van der Waals surface area (Å²) in [5.74, 6) is -1.08. The Morgan fingerprint density at radius 3 is 2.32 bits per heavy atom. The fourth-order valence-electron chi connectivity index (χ4n) is 1.76. The first kappa shape index (κ1) is 21.0. The van der Waals surface area contributed by atoms with Crippen LogP contribution < -0.4 is 10.5 Å². The largest absolute Gasteiger partial charge is 0.573 e. The molecule has 1 atom stereocenters. The average Bonchev–Trinajstić information content (AvgIpc) is 2.37. The van der Waals surface area contributed by atoms with Crippen molar-refractivity contribution in [2.24, 2.45) is 11.1 Å². The first-order valence-electron chi connectivity index (χ1n) is 5.88. The second-order valence-corrected chi connectivity index (χ2v) is 5.84. The molecule has 126 valence electrons. The lowest BCUT2D eigenvalue weighted by Gasteiger charge is -2.30. The van der Waals surface area contributed by atoms with Gasteiger partial charge in [0, 0.05) is 16.1 Å². The van der Waals surface area contributed by atoms with Crippen molar-refractivity contribution in [2.75, 3.05) is 7.11 Å². The van der Waals surface area contributed by atoms with Crippen molar-refractivity contribution in [3.63, 3.8) is 0 Å². The summed E-state index contributed by atoms with van der Waals surface area (Å²) in [5, 5.41) is 0. The molecule has 0 spiro atoms. The Hall–Kier alpha value is -0.990. The number of nitrogens with two attached hydrogens (primary N) is 1. The normalized spacial score (nSPS) is 13.1. The molecule has 22 heavy (non-hydrogen) atoms. The zero-order chi connectivity index (χ0) is 16.4. The van der Waals surface area contributed by atoms with E-state index in [1.807, 2.05) is 0 Å². The van der Waals surface area contributed by atoms with E-state index < -0.39 is 29.5 Å². The summed E-state index contributed by atoms with van der Waals surface area (Å²) in [7, 11) is 1.19. The molecule has 0 radical (unpaired) electrons. The summed E-state index contributed by atoms with van der Waals surface area (Å²) in [6, 6.07) is 2.87. The number of hydrogen-bond acceptors (Lipinski definition) is 4. The van der Waals surface area contributed by atoms with Crippen LogP contribution in [-0.4, -0.2) is 19.4 Å². The molecule has 0 aliphatic heterocycles. The SMILES string of the molecule is COC(=O)C(C)(C)[C@@H](N)c1cc(Br)ccc1OC(F)(F)F.Cl. The third kappa shape index (κ3) is 5.03. The van der Waals surface area contributed by atoms with Crippen LogP contribution in [-0.2, 0) is 9.53 Å². The predicted molar refractivity (Wildman–Crippen MR) is 80.8 cm³/mol. The van der Waals surface area contributed by atoms with Gasteiger partial charge in [-0.05, 0) is 32.0 Å². The molecule has 0 unspecified atom stereocenters. The van der Waals surface area contributed by atoms with Crippen molar-refractivity contribution >= 4 is 34.3 Å². The zero-order valence-corrected chi connectivity index (χ0v) is 14.4. The van der Waals surface area contributed by atoms with Gasteiger partial charge in [-0.25, -0.2) is 0 Å². The standard InChI is InChI=1S/C13H15BrF3NO3.ClH/c1-12(2,11(19)20-3)10(18)8-6-7(14)4-5-9(8)21-13(15,16)17;/h4-6,10H,18H2,1-3H3;1H/t10-;/m0./s1. The summed E-state index contributed by atoms with van der Waals surface area (Å²) in [5.41, 5.74) is 4.80. The highest BCUT2D eigenvalue weighted by Gasteiger charge is 2.40. The number of halogens is 5. The van der Waals surface area contributed by atoms with E-state index in [9.17, 15) is 18.0 Å². The quantitative estimate of drug-likeness (QED) is 0.769. The van der Waals surface area contributed by atoms with Crippen LogP contribution in [0.15, 0.2) is 22.7 Å². The number of esters is 1. The van der Waals surface area contributed by atoms with Gasteiger partial charge in [-0.15, -0.1) is 25.6 Å². The topological polar surface area (TPSA) is 61.5 Å². The van der Waals surface area contributed by atoms with Gasteiger partial charge in [0.25, 0.3) is 0 Å². The lowest BCUT2D eigenvalue weighted by molar-refractivity contribution is -0.275. The summed E-state index contributed by atoms with van der Waals surface area (Å²) in [6.45, 7) is 2.98. The molecule has 0 bridgehead atoms. The van der Waals surface area contributed by atoms with Crippen molar-refractivity contribution in [2.45, 2.75) is 26.3 Å². The number of carbonyl (C=O) groups is 1. The molecule has 4 nitrogen and oxygen atoms in total. The summed E-state index contributed by atoms with van der Waals surface area (Å²) >= 11 is 3.16. The maximum atomic E-state index is 12.4.